The van der Waals surface area contributed by atoms with Gasteiger partial charge in [-0.1, -0.05) is 30.7 Å². The maximum Gasteiger partial charge on any atom is 0.346 e. The molecule has 2 aromatic carbocycles. The molecule has 0 spiro atoms. The number of hydrogen-bond donors (Lipinski definition) is 2. The zero-order valence-electron chi connectivity index (χ0n) is 18.2. The number of amides is 1. The first kappa shape index (κ1) is 23.7. The van der Waals surface area contributed by atoms with Crippen molar-refractivity contribution in [1.29, 1.82) is 0 Å². The predicted octanol–water partition coefficient (Wildman–Crippen LogP) is 3.33. The van der Waals surface area contributed by atoms with Gasteiger partial charge in [0.15, 0.2) is 5.82 Å². The molecule has 0 saturated carbocycles. The number of carbonyl (C=O) groups is 1. The fourth-order valence-corrected chi connectivity index (χ4v) is 3.46. The fraction of sp³-hybridized carbons (Fsp3) is 0.348. The first-order valence-electron chi connectivity index (χ1n) is 10.3. The molecule has 2 N–H and O–H groups in total. The van der Waals surface area contributed by atoms with Gasteiger partial charge in [-0.15, -0.1) is 5.10 Å². The van der Waals surface area contributed by atoms with Crippen molar-refractivity contribution in [3.63, 3.8) is 0 Å². The van der Waals surface area contributed by atoms with Crippen molar-refractivity contribution in [2.75, 3.05) is 0 Å². The van der Waals surface area contributed by atoms with E-state index >= 15 is 0 Å². The number of nitrogens with one attached hydrogen (secondary N) is 1. The number of benzene rings is 2. The monoisotopic (exact) mass is 460 g/mol. The summed E-state index contributed by atoms with van der Waals surface area (Å²) in [4.78, 5) is 25.7. The summed E-state index contributed by atoms with van der Waals surface area (Å²) in [7, 11) is 0. The van der Waals surface area contributed by atoms with Crippen LogP contribution in [0.4, 0.5) is 4.39 Å². The fourth-order valence-electron chi connectivity index (χ4n) is 3.33. The van der Waals surface area contributed by atoms with Gasteiger partial charge in [0.05, 0.1) is 18.2 Å². The van der Waals surface area contributed by atoms with Crippen LogP contribution < -0.4 is 11.0 Å². The van der Waals surface area contributed by atoms with Crippen molar-refractivity contribution in [2.45, 2.75) is 51.9 Å². The standard InChI is InChI=1S/C23H26ClFN4O3/c1-4-19(30)13-28-21(15-8-10-17(24)11-9-15)27-29(22(28)32)14-20(31)26-23(2,3)16-6-5-7-18(25)12-16/h5-12,19,30H,4,13-14H2,1-3H3,(H,26,31). The van der Waals surface area contributed by atoms with E-state index < -0.39 is 29.1 Å². The third-order valence-corrected chi connectivity index (χ3v) is 5.43. The van der Waals surface area contributed by atoms with E-state index in [1.165, 1.54) is 16.7 Å². The van der Waals surface area contributed by atoms with Crippen molar-refractivity contribution < 1.29 is 14.3 Å². The van der Waals surface area contributed by atoms with Gasteiger partial charge in [-0.25, -0.2) is 13.9 Å². The highest BCUT2D eigenvalue weighted by Gasteiger charge is 2.25. The largest absolute Gasteiger partial charge is 0.391 e. The molecule has 32 heavy (non-hydrogen) atoms. The number of hydrogen-bond acceptors (Lipinski definition) is 4. The SMILES string of the molecule is CCC(O)Cn1c(-c2ccc(Cl)cc2)nn(CC(=O)NC(C)(C)c2cccc(F)c2)c1=O. The molecule has 0 fully saturated rings. The number of aliphatic hydroxyl groups is 1. The lowest BCUT2D eigenvalue weighted by Crippen LogP contribution is -2.44. The van der Waals surface area contributed by atoms with E-state index in [0.717, 1.165) is 4.68 Å². The Balaban J connectivity index is 1.88. The van der Waals surface area contributed by atoms with E-state index in [2.05, 4.69) is 10.4 Å². The van der Waals surface area contributed by atoms with Crippen LogP contribution in [0.3, 0.4) is 0 Å². The molecule has 1 atom stereocenters. The van der Waals surface area contributed by atoms with Crippen molar-refractivity contribution in [1.82, 2.24) is 19.7 Å². The summed E-state index contributed by atoms with van der Waals surface area (Å²) in [6.07, 6.45) is -0.280. The number of aliphatic hydroxyl groups excluding tert-OH is 1. The van der Waals surface area contributed by atoms with Gasteiger partial charge in [0.25, 0.3) is 0 Å². The molecule has 1 unspecified atom stereocenters. The third-order valence-electron chi connectivity index (χ3n) is 5.18. The summed E-state index contributed by atoms with van der Waals surface area (Å²) < 4.78 is 16.0. The van der Waals surface area contributed by atoms with Gasteiger partial charge in [0.2, 0.25) is 5.91 Å². The topological polar surface area (TPSA) is 89.2 Å². The van der Waals surface area contributed by atoms with Crippen LogP contribution in [0.5, 0.6) is 0 Å². The Bertz CT molecular complexity index is 1150. The van der Waals surface area contributed by atoms with Gasteiger partial charge in [-0.05, 0) is 62.2 Å². The minimum absolute atomic E-state index is 0.0453. The van der Waals surface area contributed by atoms with Crippen LogP contribution in [-0.4, -0.2) is 31.5 Å². The van der Waals surface area contributed by atoms with E-state index in [4.69, 9.17) is 11.6 Å². The molecule has 0 aliphatic heterocycles. The van der Waals surface area contributed by atoms with Gasteiger partial charge in [-0.2, -0.15) is 0 Å². The summed E-state index contributed by atoms with van der Waals surface area (Å²) in [5.41, 5.74) is -0.144. The molecule has 7 nitrogen and oxygen atoms in total. The van der Waals surface area contributed by atoms with E-state index in [0.29, 0.717) is 28.4 Å². The molecule has 0 radical (unpaired) electrons. The molecule has 0 saturated heterocycles. The quantitative estimate of drug-likeness (QED) is 0.539. The Morgan fingerprint density at radius 3 is 2.56 bits per heavy atom. The molecule has 0 aliphatic rings. The van der Waals surface area contributed by atoms with E-state index in [9.17, 15) is 19.1 Å². The van der Waals surface area contributed by atoms with Crippen LogP contribution in [0, 0.1) is 5.82 Å². The van der Waals surface area contributed by atoms with Crippen LogP contribution in [0.15, 0.2) is 53.3 Å². The van der Waals surface area contributed by atoms with Crippen molar-refractivity contribution in [3.8, 4) is 11.4 Å². The molecule has 1 amide bonds. The second-order valence-electron chi connectivity index (χ2n) is 8.13. The van der Waals surface area contributed by atoms with Gasteiger partial charge >= 0.3 is 5.69 Å². The highest BCUT2D eigenvalue weighted by atomic mass is 35.5. The number of aromatic nitrogens is 3. The maximum atomic E-state index is 13.6. The summed E-state index contributed by atoms with van der Waals surface area (Å²) >= 11 is 5.96. The van der Waals surface area contributed by atoms with Crippen LogP contribution in [0.1, 0.15) is 32.8 Å². The summed E-state index contributed by atoms with van der Waals surface area (Å²) in [6, 6.07) is 12.8. The van der Waals surface area contributed by atoms with Crippen molar-refractivity contribution >= 4 is 17.5 Å². The zero-order valence-corrected chi connectivity index (χ0v) is 18.9. The smallest absolute Gasteiger partial charge is 0.346 e. The Kier molecular flexibility index (Phi) is 7.16. The first-order chi connectivity index (χ1) is 15.1. The van der Waals surface area contributed by atoms with Gasteiger partial charge in [0, 0.05) is 10.6 Å². The van der Waals surface area contributed by atoms with Crippen molar-refractivity contribution in [2.24, 2.45) is 0 Å². The molecule has 0 bridgehead atoms. The second-order valence-corrected chi connectivity index (χ2v) is 8.56. The third kappa shape index (κ3) is 5.44. The predicted molar refractivity (Wildman–Crippen MR) is 121 cm³/mol. The van der Waals surface area contributed by atoms with Crippen LogP contribution >= 0.6 is 11.6 Å². The molecule has 9 heteroatoms. The molecule has 0 aliphatic carbocycles. The van der Waals surface area contributed by atoms with Gasteiger partial charge in [-0.3, -0.25) is 9.36 Å². The molecular formula is C23H26ClFN4O3. The zero-order chi connectivity index (χ0) is 23.5. The highest BCUT2D eigenvalue weighted by Crippen LogP contribution is 2.21. The minimum Gasteiger partial charge on any atom is -0.391 e. The molecule has 170 valence electrons. The van der Waals surface area contributed by atoms with Crippen LogP contribution in [-0.2, 0) is 23.4 Å². The van der Waals surface area contributed by atoms with E-state index in [-0.39, 0.29) is 13.1 Å². The van der Waals surface area contributed by atoms with E-state index in [1.807, 2.05) is 6.92 Å². The molecule has 3 rings (SSSR count). The first-order valence-corrected chi connectivity index (χ1v) is 10.7. The normalized spacial score (nSPS) is 12.6. The number of nitrogens with zero attached hydrogens (tertiary/aromatic N) is 3. The maximum absolute atomic E-state index is 13.6. The lowest BCUT2D eigenvalue weighted by Gasteiger charge is -2.27. The van der Waals surface area contributed by atoms with E-state index in [1.54, 1.807) is 50.2 Å². The number of carbonyl (C=O) groups excluding carboxylic acids is 1. The average molecular weight is 461 g/mol. The highest BCUT2D eigenvalue weighted by molar-refractivity contribution is 6.30. The molecule has 1 heterocycles. The lowest BCUT2D eigenvalue weighted by atomic mass is 9.94. The summed E-state index contributed by atoms with van der Waals surface area (Å²) in [5, 5.41) is 17.8. The van der Waals surface area contributed by atoms with Gasteiger partial charge < -0.3 is 10.4 Å². The Labute approximate surface area is 190 Å². The molecule has 1 aromatic heterocycles. The van der Waals surface area contributed by atoms with Gasteiger partial charge in [0.1, 0.15) is 12.4 Å². The Morgan fingerprint density at radius 2 is 1.94 bits per heavy atom. The van der Waals surface area contributed by atoms with Crippen LogP contribution in [0.25, 0.3) is 11.4 Å². The Morgan fingerprint density at radius 1 is 1.25 bits per heavy atom. The van der Waals surface area contributed by atoms with Crippen molar-refractivity contribution in [3.05, 3.63) is 75.4 Å². The average Bonchev–Trinajstić information content (AvgIpc) is 3.03. The lowest BCUT2D eigenvalue weighted by molar-refractivity contribution is -0.123. The number of halogens is 2. The van der Waals surface area contributed by atoms with Crippen LogP contribution in [0.2, 0.25) is 5.02 Å². The number of rotatable bonds is 8. The minimum atomic E-state index is -0.858. The molecular weight excluding hydrogens is 435 g/mol. The summed E-state index contributed by atoms with van der Waals surface area (Å²) in [6.45, 7) is 5.02. The molecule has 3 aromatic rings. The summed E-state index contributed by atoms with van der Waals surface area (Å²) in [5.74, 6) is -0.525. The second kappa shape index (κ2) is 9.67. The Hall–Kier alpha value is -2.97.